The van der Waals surface area contributed by atoms with Gasteiger partial charge < -0.3 is 21.7 Å². The van der Waals surface area contributed by atoms with Gasteiger partial charge in [0, 0.05) is 43.2 Å². The quantitative estimate of drug-likeness (QED) is 0.222. The van der Waals surface area contributed by atoms with Gasteiger partial charge in [0.1, 0.15) is 0 Å². The Hall–Kier alpha value is -2.21. The number of aliphatic imine (C=N–C) groups is 1. The van der Waals surface area contributed by atoms with Crippen molar-refractivity contribution in [3.63, 3.8) is 0 Å². The van der Waals surface area contributed by atoms with Gasteiger partial charge in [0.2, 0.25) is 5.91 Å². The Kier molecular flexibility index (Phi) is 11.2. The third kappa shape index (κ3) is 8.77. The molecule has 158 valence electrons. The number of hydrogen-bond acceptors (Lipinski definition) is 5. The Morgan fingerprint density at radius 3 is 2.48 bits per heavy atom. The Morgan fingerprint density at radius 1 is 1.17 bits per heavy atom. The van der Waals surface area contributed by atoms with E-state index in [9.17, 15) is 9.59 Å². The number of hydrogen-bond donors (Lipinski definition) is 4. The minimum Gasteiger partial charge on any atom is -0.368 e. The van der Waals surface area contributed by atoms with Crippen LogP contribution in [0.2, 0.25) is 0 Å². The summed E-state index contributed by atoms with van der Waals surface area (Å²) in [7, 11) is 1.72. The number of benzene rings is 1. The fraction of sp³-hybridized carbons (Fsp3) is 0.368. The number of amides is 2. The molecule has 0 aliphatic heterocycles. The van der Waals surface area contributed by atoms with E-state index in [1.165, 1.54) is 4.88 Å². The number of primary amides is 1. The number of nitrogens with one attached hydrogen (secondary N) is 3. The van der Waals surface area contributed by atoms with E-state index < -0.39 is 5.91 Å². The van der Waals surface area contributed by atoms with E-state index in [0.29, 0.717) is 18.1 Å². The van der Waals surface area contributed by atoms with Gasteiger partial charge in [-0.1, -0.05) is 19.1 Å². The maximum Gasteiger partial charge on any atom is 0.251 e. The van der Waals surface area contributed by atoms with Gasteiger partial charge in [-0.2, -0.15) is 0 Å². The molecule has 0 aliphatic rings. The van der Waals surface area contributed by atoms with Crippen LogP contribution in [0.15, 0.2) is 35.5 Å². The fourth-order valence-electron chi connectivity index (χ4n) is 2.36. The number of rotatable bonds is 9. The van der Waals surface area contributed by atoms with Crippen molar-refractivity contribution >= 4 is 53.1 Å². The number of halogens is 1. The van der Waals surface area contributed by atoms with E-state index in [2.05, 4.69) is 32.9 Å². The van der Waals surface area contributed by atoms with E-state index >= 15 is 0 Å². The zero-order valence-corrected chi connectivity index (χ0v) is 19.7. The number of thiazole rings is 1. The van der Waals surface area contributed by atoms with Crippen LogP contribution < -0.4 is 21.7 Å². The van der Waals surface area contributed by atoms with Crippen LogP contribution in [0.4, 0.5) is 0 Å². The van der Waals surface area contributed by atoms with Crippen molar-refractivity contribution in [2.75, 3.05) is 20.1 Å². The number of carbonyl (C=O) groups excluding carboxylic acids is 2. The number of nitrogens with zero attached hydrogens (tertiary/aromatic N) is 2. The maximum absolute atomic E-state index is 11.9. The van der Waals surface area contributed by atoms with Crippen LogP contribution >= 0.6 is 35.3 Å². The molecule has 2 amide bonds. The minimum atomic E-state index is -0.575. The molecule has 0 atom stereocenters. The highest BCUT2D eigenvalue weighted by Crippen LogP contribution is 2.13. The summed E-state index contributed by atoms with van der Waals surface area (Å²) in [5.74, 6) is -0.200. The molecule has 1 aromatic heterocycles. The van der Waals surface area contributed by atoms with Gasteiger partial charge in [-0.3, -0.25) is 14.6 Å². The Labute approximate surface area is 191 Å². The molecule has 0 bridgehead atoms. The van der Waals surface area contributed by atoms with Crippen molar-refractivity contribution in [1.29, 1.82) is 0 Å². The number of aryl methyl sites for hydroxylation is 1. The second-order valence-electron chi connectivity index (χ2n) is 6.02. The average Bonchev–Trinajstić information content (AvgIpc) is 3.17. The van der Waals surface area contributed by atoms with Crippen molar-refractivity contribution in [3.8, 4) is 0 Å². The highest BCUT2D eigenvalue weighted by molar-refractivity contribution is 14.0. The Balaban J connectivity index is 0.00000420. The summed E-state index contributed by atoms with van der Waals surface area (Å²) in [6.07, 6.45) is 3.80. The molecule has 10 heteroatoms. The lowest BCUT2D eigenvalue weighted by Gasteiger charge is -2.11. The largest absolute Gasteiger partial charge is 0.368 e. The van der Waals surface area contributed by atoms with E-state index in [0.717, 1.165) is 30.0 Å². The number of guanidine groups is 1. The maximum atomic E-state index is 11.9. The van der Waals surface area contributed by atoms with Crippen LogP contribution in [-0.4, -0.2) is 42.9 Å². The molecular formula is C19H27IN6O2S. The van der Waals surface area contributed by atoms with E-state index in [1.807, 2.05) is 18.3 Å². The third-order valence-corrected chi connectivity index (χ3v) is 5.11. The van der Waals surface area contributed by atoms with Crippen LogP contribution in [-0.2, 0) is 24.2 Å². The standard InChI is InChI=1S/C19H26N6O2S.HI/c1-3-15-11-23-17(28-15)8-9-22-19(21-2)25-10-13-4-6-14(7-5-13)18(27)24-12-16(20)26;/h4-7,11H,3,8-10,12H2,1-2H3,(H2,20,26)(H,24,27)(H2,21,22,25);1H. The van der Waals surface area contributed by atoms with Crippen molar-refractivity contribution in [1.82, 2.24) is 20.9 Å². The first-order valence-corrected chi connectivity index (χ1v) is 9.87. The molecule has 0 saturated carbocycles. The lowest BCUT2D eigenvalue weighted by Crippen LogP contribution is -2.37. The predicted octanol–water partition coefficient (Wildman–Crippen LogP) is 1.45. The lowest BCUT2D eigenvalue weighted by atomic mass is 10.1. The van der Waals surface area contributed by atoms with Crippen LogP contribution in [0.1, 0.15) is 32.7 Å². The van der Waals surface area contributed by atoms with Crippen LogP contribution in [0, 0.1) is 0 Å². The van der Waals surface area contributed by atoms with E-state index in [1.54, 1.807) is 30.5 Å². The van der Waals surface area contributed by atoms with Crippen molar-refractivity contribution < 1.29 is 9.59 Å². The molecule has 0 unspecified atom stereocenters. The smallest absolute Gasteiger partial charge is 0.251 e. The molecule has 2 rings (SSSR count). The lowest BCUT2D eigenvalue weighted by molar-refractivity contribution is -0.117. The summed E-state index contributed by atoms with van der Waals surface area (Å²) in [5, 5.41) is 10.1. The van der Waals surface area contributed by atoms with Crippen LogP contribution in [0.5, 0.6) is 0 Å². The molecule has 5 N–H and O–H groups in total. The molecule has 2 aromatic rings. The molecule has 1 heterocycles. The van der Waals surface area contributed by atoms with E-state index in [4.69, 9.17) is 5.73 Å². The Bertz CT molecular complexity index is 822. The normalized spacial score (nSPS) is 10.8. The summed E-state index contributed by atoms with van der Waals surface area (Å²) >= 11 is 1.74. The molecular weight excluding hydrogens is 503 g/mol. The monoisotopic (exact) mass is 530 g/mol. The molecule has 0 fully saturated rings. The topological polar surface area (TPSA) is 122 Å². The van der Waals surface area contributed by atoms with Gasteiger partial charge in [-0.15, -0.1) is 35.3 Å². The molecule has 0 saturated heterocycles. The minimum absolute atomic E-state index is 0. The second-order valence-corrected chi connectivity index (χ2v) is 7.22. The third-order valence-electron chi connectivity index (χ3n) is 3.90. The van der Waals surface area contributed by atoms with Gasteiger partial charge in [0.25, 0.3) is 5.91 Å². The van der Waals surface area contributed by atoms with Crippen molar-refractivity contribution in [2.24, 2.45) is 10.7 Å². The van der Waals surface area contributed by atoms with Crippen LogP contribution in [0.25, 0.3) is 0 Å². The highest BCUT2D eigenvalue weighted by Gasteiger charge is 2.07. The SMILES string of the molecule is CCc1cnc(CCNC(=NC)NCc2ccc(C(=O)NCC(N)=O)cc2)s1.I. The van der Waals surface area contributed by atoms with Crippen molar-refractivity contribution in [3.05, 3.63) is 51.5 Å². The summed E-state index contributed by atoms with van der Waals surface area (Å²) in [5.41, 5.74) is 6.49. The van der Waals surface area contributed by atoms with Gasteiger partial charge in [0.05, 0.1) is 11.6 Å². The Morgan fingerprint density at radius 2 is 1.90 bits per heavy atom. The molecule has 0 radical (unpaired) electrons. The molecule has 29 heavy (non-hydrogen) atoms. The summed E-state index contributed by atoms with van der Waals surface area (Å²) in [4.78, 5) is 32.5. The zero-order chi connectivity index (χ0) is 20.4. The first kappa shape index (κ1) is 24.8. The number of carbonyl (C=O) groups is 2. The van der Waals surface area contributed by atoms with Gasteiger partial charge in [-0.05, 0) is 24.1 Å². The molecule has 0 spiro atoms. The molecule has 1 aromatic carbocycles. The highest BCUT2D eigenvalue weighted by atomic mass is 127. The van der Waals surface area contributed by atoms with Gasteiger partial charge >= 0.3 is 0 Å². The summed E-state index contributed by atoms with van der Waals surface area (Å²) < 4.78 is 0. The fourth-order valence-corrected chi connectivity index (χ4v) is 3.23. The zero-order valence-electron chi connectivity index (χ0n) is 16.5. The summed E-state index contributed by atoms with van der Waals surface area (Å²) in [6.45, 7) is 3.27. The van der Waals surface area contributed by atoms with Gasteiger partial charge in [-0.25, -0.2) is 4.98 Å². The van der Waals surface area contributed by atoms with Crippen molar-refractivity contribution in [2.45, 2.75) is 26.3 Å². The summed E-state index contributed by atoms with van der Waals surface area (Å²) in [6, 6.07) is 7.11. The number of aromatic nitrogens is 1. The van der Waals surface area contributed by atoms with Crippen LogP contribution in [0.3, 0.4) is 0 Å². The molecule has 8 nitrogen and oxygen atoms in total. The first-order chi connectivity index (χ1) is 13.5. The van der Waals surface area contributed by atoms with Gasteiger partial charge in [0.15, 0.2) is 5.96 Å². The first-order valence-electron chi connectivity index (χ1n) is 9.05. The second kappa shape index (κ2) is 13.1. The van der Waals surface area contributed by atoms with E-state index in [-0.39, 0.29) is 36.4 Å². The average molecular weight is 530 g/mol. The number of nitrogens with two attached hydrogens (primary N) is 1. The predicted molar refractivity (Wildman–Crippen MR) is 127 cm³/mol. The molecule has 0 aliphatic carbocycles.